The lowest BCUT2D eigenvalue weighted by Crippen LogP contribution is -2.08. The Kier molecular flexibility index (Phi) is 4.15. The van der Waals surface area contributed by atoms with Crippen molar-refractivity contribution in [3.63, 3.8) is 0 Å². The normalized spacial score (nSPS) is 12.2. The van der Waals surface area contributed by atoms with Gasteiger partial charge in [0, 0.05) is 15.7 Å². The maximum Gasteiger partial charge on any atom is 0.120 e. The second-order valence-corrected chi connectivity index (χ2v) is 5.70. The third-order valence-corrected chi connectivity index (χ3v) is 4.15. The van der Waals surface area contributed by atoms with Crippen LogP contribution in [0.25, 0.3) is 0 Å². The average molecular weight is 320 g/mol. The fraction of sp³-hybridized carbons (Fsp3) is 0.250. The minimum absolute atomic E-state index is 0.0490. The van der Waals surface area contributed by atoms with Crippen LogP contribution in [0.5, 0.6) is 5.75 Å². The van der Waals surface area contributed by atoms with Crippen LogP contribution in [0.4, 0.5) is 5.69 Å². The lowest BCUT2D eigenvalue weighted by Gasteiger charge is -2.19. The van der Waals surface area contributed by atoms with Crippen molar-refractivity contribution in [1.82, 2.24) is 0 Å². The number of phenolic OH excluding ortho intramolecular Hbond substituents is 1. The predicted molar refractivity (Wildman–Crippen MR) is 83.8 cm³/mol. The molecule has 0 fully saturated rings. The molecule has 0 aromatic heterocycles. The van der Waals surface area contributed by atoms with Crippen LogP contribution >= 0.6 is 15.9 Å². The first-order valence-electron chi connectivity index (χ1n) is 6.30. The molecule has 2 aromatic carbocycles. The van der Waals surface area contributed by atoms with Gasteiger partial charge < -0.3 is 10.4 Å². The van der Waals surface area contributed by atoms with Gasteiger partial charge in [-0.15, -0.1) is 0 Å². The number of benzene rings is 2. The molecule has 2 aromatic rings. The summed E-state index contributed by atoms with van der Waals surface area (Å²) in [6.07, 6.45) is 0. The van der Waals surface area contributed by atoms with Crippen molar-refractivity contribution in [1.29, 1.82) is 0 Å². The molecule has 0 aliphatic heterocycles. The first-order valence-corrected chi connectivity index (χ1v) is 7.09. The summed E-state index contributed by atoms with van der Waals surface area (Å²) >= 11 is 3.53. The van der Waals surface area contributed by atoms with Gasteiger partial charge in [-0.2, -0.15) is 0 Å². The zero-order chi connectivity index (χ0) is 14.0. The highest BCUT2D eigenvalue weighted by Gasteiger charge is 2.12. The largest absolute Gasteiger partial charge is 0.508 e. The molecule has 2 N–H and O–H groups in total. The first kappa shape index (κ1) is 13.9. The molecule has 0 saturated carbocycles. The highest BCUT2D eigenvalue weighted by Crippen LogP contribution is 2.30. The SMILES string of the molecule is Cc1ccc(O)c(C(C)Nc2cccc(Br)c2C)c1. The van der Waals surface area contributed by atoms with Gasteiger partial charge in [-0.25, -0.2) is 0 Å². The summed E-state index contributed by atoms with van der Waals surface area (Å²) in [7, 11) is 0. The number of nitrogens with one attached hydrogen (secondary N) is 1. The van der Waals surface area contributed by atoms with E-state index in [-0.39, 0.29) is 6.04 Å². The van der Waals surface area contributed by atoms with E-state index in [1.54, 1.807) is 6.07 Å². The van der Waals surface area contributed by atoms with E-state index in [1.807, 2.05) is 37.3 Å². The van der Waals surface area contributed by atoms with Gasteiger partial charge >= 0.3 is 0 Å². The molecule has 2 nitrogen and oxygen atoms in total. The van der Waals surface area contributed by atoms with E-state index in [1.165, 1.54) is 5.56 Å². The Morgan fingerprint density at radius 1 is 1.16 bits per heavy atom. The third-order valence-electron chi connectivity index (χ3n) is 3.29. The lowest BCUT2D eigenvalue weighted by molar-refractivity contribution is 0.465. The molecule has 0 amide bonds. The lowest BCUT2D eigenvalue weighted by atomic mass is 10.0. The van der Waals surface area contributed by atoms with Crippen LogP contribution < -0.4 is 5.32 Å². The fourth-order valence-corrected chi connectivity index (χ4v) is 2.46. The molecular formula is C16H18BrNO. The Morgan fingerprint density at radius 3 is 2.63 bits per heavy atom. The van der Waals surface area contributed by atoms with Crippen LogP contribution in [-0.4, -0.2) is 5.11 Å². The maximum atomic E-state index is 9.96. The molecule has 0 aliphatic carbocycles. The Labute approximate surface area is 122 Å². The average Bonchev–Trinajstić information content (AvgIpc) is 2.38. The topological polar surface area (TPSA) is 32.3 Å². The molecule has 0 aliphatic rings. The summed E-state index contributed by atoms with van der Waals surface area (Å²) in [4.78, 5) is 0. The van der Waals surface area contributed by atoms with E-state index in [0.717, 1.165) is 21.3 Å². The highest BCUT2D eigenvalue weighted by molar-refractivity contribution is 9.10. The van der Waals surface area contributed by atoms with Crippen LogP contribution in [0.15, 0.2) is 40.9 Å². The Balaban J connectivity index is 2.28. The summed E-state index contributed by atoms with van der Waals surface area (Å²) in [5.41, 5.74) is 4.30. The van der Waals surface area contributed by atoms with E-state index < -0.39 is 0 Å². The van der Waals surface area contributed by atoms with Crippen molar-refractivity contribution in [3.05, 3.63) is 57.6 Å². The molecule has 0 radical (unpaired) electrons. The van der Waals surface area contributed by atoms with E-state index in [0.29, 0.717) is 5.75 Å². The van der Waals surface area contributed by atoms with Crippen molar-refractivity contribution in [2.24, 2.45) is 0 Å². The van der Waals surface area contributed by atoms with Crippen LogP contribution in [0.2, 0.25) is 0 Å². The van der Waals surface area contributed by atoms with Crippen molar-refractivity contribution < 1.29 is 5.11 Å². The second-order valence-electron chi connectivity index (χ2n) is 4.84. The van der Waals surface area contributed by atoms with Crippen LogP contribution in [0.3, 0.4) is 0 Å². The van der Waals surface area contributed by atoms with E-state index >= 15 is 0 Å². The number of phenols is 1. The summed E-state index contributed by atoms with van der Waals surface area (Å²) in [6, 6.07) is 11.8. The van der Waals surface area contributed by atoms with Crippen molar-refractivity contribution in [2.75, 3.05) is 5.32 Å². The third kappa shape index (κ3) is 3.10. The van der Waals surface area contributed by atoms with Gasteiger partial charge in [-0.05, 0) is 44.5 Å². The minimum atomic E-state index is 0.0490. The van der Waals surface area contributed by atoms with Gasteiger partial charge in [-0.3, -0.25) is 0 Å². The number of hydrogen-bond acceptors (Lipinski definition) is 2. The van der Waals surface area contributed by atoms with Crippen LogP contribution in [0.1, 0.15) is 29.7 Å². The van der Waals surface area contributed by atoms with Gasteiger partial charge in [0.15, 0.2) is 0 Å². The zero-order valence-electron chi connectivity index (χ0n) is 11.4. The fourth-order valence-electron chi connectivity index (χ4n) is 2.10. The smallest absolute Gasteiger partial charge is 0.120 e. The standard InChI is InChI=1S/C16H18BrNO/c1-10-7-8-16(19)13(9-10)12(3)18-15-6-4-5-14(17)11(15)2/h4-9,12,18-19H,1-3H3. The number of rotatable bonds is 3. The molecule has 1 atom stereocenters. The highest BCUT2D eigenvalue weighted by atomic mass is 79.9. The molecule has 100 valence electrons. The van der Waals surface area contributed by atoms with Crippen molar-refractivity contribution in [3.8, 4) is 5.75 Å². The van der Waals surface area contributed by atoms with Gasteiger partial charge in [0.1, 0.15) is 5.75 Å². The Bertz CT molecular complexity index is 595. The van der Waals surface area contributed by atoms with Gasteiger partial charge in [0.05, 0.1) is 6.04 Å². The maximum absolute atomic E-state index is 9.96. The first-order chi connectivity index (χ1) is 8.99. The number of hydrogen-bond donors (Lipinski definition) is 2. The molecule has 0 saturated heterocycles. The molecule has 3 heteroatoms. The molecule has 0 spiro atoms. The van der Waals surface area contributed by atoms with Gasteiger partial charge in [-0.1, -0.05) is 39.7 Å². The molecular weight excluding hydrogens is 302 g/mol. The van der Waals surface area contributed by atoms with Gasteiger partial charge in [0.25, 0.3) is 0 Å². The van der Waals surface area contributed by atoms with Gasteiger partial charge in [0.2, 0.25) is 0 Å². The van der Waals surface area contributed by atoms with Crippen molar-refractivity contribution >= 4 is 21.6 Å². The van der Waals surface area contributed by atoms with E-state index in [9.17, 15) is 5.11 Å². The quantitative estimate of drug-likeness (QED) is 0.839. The summed E-state index contributed by atoms with van der Waals surface area (Å²) in [5, 5.41) is 13.4. The second kappa shape index (κ2) is 5.66. The summed E-state index contributed by atoms with van der Waals surface area (Å²) in [6.45, 7) is 6.14. The molecule has 0 bridgehead atoms. The van der Waals surface area contributed by atoms with E-state index in [2.05, 4.69) is 35.1 Å². The van der Waals surface area contributed by atoms with E-state index in [4.69, 9.17) is 0 Å². The number of aryl methyl sites for hydroxylation is 1. The number of anilines is 1. The van der Waals surface area contributed by atoms with Crippen LogP contribution in [-0.2, 0) is 0 Å². The molecule has 2 rings (SSSR count). The Hall–Kier alpha value is -1.48. The monoisotopic (exact) mass is 319 g/mol. The Morgan fingerprint density at radius 2 is 1.89 bits per heavy atom. The number of halogens is 1. The number of aromatic hydroxyl groups is 1. The van der Waals surface area contributed by atoms with Crippen molar-refractivity contribution in [2.45, 2.75) is 26.8 Å². The molecule has 1 unspecified atom stereocenters. The summed E-state index contributed by atoms with van der Waals surface area (Å²) in [5.74, 6) is 0.332. The molecule has 19 heavy (non-hydrogen) atoms. The summed E-state index contributed by atoms with van der Waals surface area (Å²) < 4.78 is 1.08. The molecule has 0 heterocycles. The minimum Gasteiger partial charge on any atom is -0.508 e. The zero-order valence-corrected chi connectivity index (χ0v) is 13.0. The predicted octanol–water partition coefficient (Wildman–Crippen LogP) is 4.94. The van der Waals surface area contributed by atoms with Crippen LogP contribution in [0, 0.1) is 13.8 Å².